The van der Waals surface area contributed by atoms with Gasteiger partial charge >= 0.3 is 0 Å². The first-order valence-corrected chi connectivity index (χ1v) is 9.10. The fourth-order valence-corrected chi connectivity index (χ4v) is 3.49. The summed E-state index contributed by atoms with van der Waals surface area (Å²) >= 11 is 13.3. The Hall–Kier alpha value is -1.88. The van der Waals surface area contributed by atoms with Gasteiger partial charge in [0.1, 0.15) is 0 Å². The molecule has 0 radical (unpaired) electrons. The maximum Gasteiger partial charge on any atom is 0.193 e. The molecular formula is C19H14Cl2N2OS. The standard InChI is InChI=1S/C19H14Cl2N2OS/c1-11-17(12(2)24)18(13-3-5-14(20)6-4-13)23-19(22-11)25-16-9-7-15(21)8-10-16/h3-10H,1-2H3. The van der Waals surface area contributed by atoms with Gasteiger partial charge in [-0.05, 0) is 62.0 Å². The Balaban J connectivity index is 2.08. The summed E-state index contributed by atoms with van der Waals surface area (Å²) in [6.07, 6.45) is 0. The maximum absolute atomic E-state index is 12.1. The van der Waals surface area contributed by atoms with Crippen LogP contribution in [0.25, 0.3) is 11.3 Å². The van der Waals surface area contributed by atoms with E-state index in [1.807, 2.05) is 43.3 Å². The Morgan fingerprint density at radius 2 is 1.48 bits per heavy atom. The molecule has 126 valence electrons. The number of hydrogen-bond acceptors (Lipinski definition) is 4. The van der Waals surface area contributed by atoms with Gasteiger partial charge in [-0.15, -0.1) is 0 Å². The molecule has 0 aliphatic rings. The molecule has 3 aromatic rings. The van der Waals surface area contributed by atoms with Crippen LogP contribution in [0.3, 0.4) is 0 Å². The second-order valence-corrected chi connectivity index (χ2v) is 7.35. The minimum atomic E-state index is -0.0644. The van der Waals surface area contributed by atoms with Crippen LogP contribution < -0.4 is 0 Å². The van der Waals surface area contributed by atoms with Crippen molar-refractivity contribution in [3.63, 3.8) is 0 Å². The first kappa shape index (κ1) is 17.9. The number of Topliss-reactive ketones (excluding diaryl/α,β-unsaturated/α-hetero) is 1. The number of aromatic nitrogens is 2. The highest BCUT2D eigenvalue weighted by atomic mass is 35.5. The number of aryl methyl sites for hydroxylation is 1. The predicted molar refractivity (Wildman–Crippen MR) is 103 cm³/mol. The third-order valence-corrected chi connectivity index (χ3v) is 4.94. The Morgan fingerprint density at radius 3 is 2.04 bits per heavy atom. The van der Waals surface area contributed by atoms with Crippen molar-refractivity contribution in [3.8, 4) is 11.3 Å². The molecule has 25 heavy (non-hydrogen) atoms. The molecule has 0 unspecified atom stereocenters. The van der Waals surface area contributed by atoms with Crippen LogP contribution in [0.2, 0.25) is 10.0 Å². The summed E-state index contributed by atoms with van der Waals surface area (Å²) in [5.41, 5.74) is 2.64. The van der Waals surface area contributed by atoms with Gasteiger partial charge in [0.2, 0.25) is 0 Å². The molecule has 3 rings (SSSR count). The summed E-state index contributed by atoms with van der Waals surface area (Å²) in [6.45, 7) is 3.35. The minimum Gasteiger partial charge on any atom is -0.294 e. The van der Waals surface area contributed by atoms with E-state index in [0.717, 1.165) is 10.5 Å². The molecule has 0 bridgehead atoms. The summed E-state index contributed by atoms with van der Waals surface area (Å²) < 4.78 is 0. The monoisotopic (exact) mass is 388 g/mol. The molecule has 0 spiro atoms. The molecule has 6 heteroatoms. The van der Waals surface area contributed by atoms with Crippen LogP contribution in [0.4, 0.5) is 0 Å². The third kappa shape index (κ3) is 4.21. The van der Waals surface area contributed by atoms with Crippen LogP contribution in [-0.4, -0.2) is 15.8 Å². The van der Waals surface area contributed by atoms with E-state index in [1.165, 1.54) is 18.7 Å². The predicted octanol–water partition coefficient (Wildman–Crippen LogP) is 6.11. The van der Waals surface area contributed by atoms with Gasteiger partial charge in [-0.2, -0.15) is 0 Å². The second kappa shape index (κ2) is 7.56. The summed E-state index contributed by atoms with van der Waals surface area (Å²) in [6, 6.07) is 14.7. The van der Waals surface area contributed by atoms with Crippen molar-refractivity contribution >= 4 is 40.7 Å². The smallest absolute Gasteiger partial charge is 0.193 e. The van der Waals surface area contributed by atoms with Crippen molar-refractivity contribution in [2.24, 2.45) is 0 Å². The Labute approximate surface area is 160 Å². The fraction of sp³-hybridized carbons (Fsp3) is 0.105. The van der Waals surface area contributed by atoms with Crippen molar-refractivity contribution in [2.45, 2.75) is 23.9 Å². The zero-order chi connectivity index (χ0) is 18.0. The van der Waals surface area contributed by atoms with E-state index in [2.05, 4.69) is 9.97 Å². The van der Waals surface area contributed by atoms with Crippen LogP contribution in [0, 0.1) is 6.92 Å². The van der Waals surface area contributed by atoms with Crippen LogP contribution in [0.5, 0.6) is 0 Å². The first-order chi connectivity index (χ1) is 11.9. The first-order valence-electron chi connectivity index (χ1n) is 7.53. The van der Waals surface area contributed by atoms with Crippen molar-refractivity contribution in [1.29, 1.82) is 0 Å². The number of carbonyl (C=O) groups is 1. The average Bonchev–Trinajstić information content (AvgIpc) is 2.57. The van der Waals surface area contributed by atoms with E-state index in [1.54, 1.807) is 12.1 Å². The summed E-state index contributed by atoms with van der Waals surface area (Å²) in [5.74, 6) is -0.0644. The van der Waals surface area contributed by atoms with Gasteiger partial charge in [-0.3, -0.25) is 4.79 Å². The highest BCUT2D eigenvalue weighted by Gasteiger charge is 2.17. The molecule has 0 saturated carbocycles. The van der Waals surface area contributed by atoms with E-state index < -0.39 is 0 Å². The zero-order valence-corrected chi connectivity index (χ0v) is 15.9. The van der Waals surface area contributed by atoms with Gasteiger partial charge < -0.3 is 0 Å². The summed E-state index contributed by atoms with van der Waals surface area (Å²) in [5, 5.41) is 1.89. The largest absolute Gasteiger partial charge is 0.294 e. The molecule has 0 aliphatic carbocycles. The molecule has 1 heterocycles. The van der Waals surface area contributed by atoms with Crippen LogP contribution >= 0.6 is 35.0 Å². The number of carbonyl (C=O) groups excluding carboxylic acids is 1. The zero-order valence-electron chi connectivity index (χ0n) is 13.6. The molecule has 3 nitrogen and oxygen atoms in total. The maximum atomic E-state index is 12.1. The molecule has 0 aliphatic heterocycles. The van der Waals surface area contributed by atoms with E-state index in [4.69, 9.17) is 23.2 Å². The molecule has 0 N–H and O–H groups in total. The van der Waals surface area contributed by atoms with E-state index in [9.17, 15) is 4.79 Å². The summed E-state index contributed by atoms with van der Waals surface area (Å²) in [7, 11) is 0. The quantitative estimate of drug-likeness (QED) is 0.399. The molecule has 2 aromatic carbocycles. The SMILES string of the molecule is CC(=O)c1c(C)nc(Sc2ccc(Cl)cc2)nc1-c1ccc(Cl)cc1. The molecule has 1 aromatic heterocycles. The number of ketones is 1. The molecular weight excluding hydrogens is 375 g/mol. The van der Waals surface area contributed by atoms with Gasteiger partial charge in [-0.1, -0.05) is 35.3 Å². The van der Waals surface area contributed by atoms with Gasteiger partial charge in [0.05, 0.1) is 17.0 Å². The number of rotatable bonds is 4. The lowest BCUT2D eigenvalue weighted by Crippen LogP contribution is -2.06. The normalized spacial score (nSPS) is 10.7. The van der Waals surface area contributed by atoms with Gasteiger partial charge in [-0.25, -0.2) is 9.97 Å². The number of nitrogens with zero attached hydrogens (tertiary/aromatic N) is 2. The lowest BCUT2D eigenvalue weighted by atomic mass is 10.0. The molecule has 0 fully saturated rings. The average molecular weight is 389 g/mol. The second-order valence-electron chi connectivity index (χ2n) is 5.43. The Kier molecular flexibility index (Phi) is 5.42. The van der Waals surface area contributed by atoms with Gasteiger partial charge in [0, 0.05) is 20.5 Å². The Bertz CT molecular complexity index is 925. The summed E-state index contributed by atoms with van der Waals surface area (Å²) in [4.78, 5) is 22.2. The molecule has 0 atom stereocenters. The topological polar surface area (TPSA) is 42.9 Å². The Morgan fingerprint density at radius 1 is 0.920 bits per heavy atom. The third-order valence-electron chi connectivity index (χ3n) is 3.56. The van der Waals surface area contributed by atoms with Crippen LogP contribution in [0.15, 0.2) is 58.6 Å². The van der Waals surface area contributed by atoms with Crippen LogP contribution in [0.1, 0.15) is 23.0 Å². The molecule has 0 saturated heterocycles. The van der Waals surface area contributed by atoms with Gasteiger partial charge in [0.25, 0.3) is 0 Å². The minimum absolute atomic E-state index is 0.0644. The number of halogens is 2. The van der Waals surface area contributed by atoms with Crippen molar-refractivity contribution < 1.29 is 4.79 Å². The number of hydrogen-bond donors (Lipinski definition) is 0. The van der Waals surface area contributed by atoms with Crippen molar-refractivity contribution in [2.75, 3.05) is 0 Å². The van der Waals surface area contributed by atoms with Crippen molar-refractivity contribution in [3.05, 3.63) is 69.8 Å². The van der Waals surface area contributed by atoms with Gasteiger partial charge in [0.15, 0.2) is 10.9 Å². The highest BCUT2D eigenvalue weighted by molar-refractivity contribution is 7.99. The number of benzene rings is 2. The van der Waals surface area contributed by atoms with Crippen molar-refractivity contribution in [1.82, 2.24) is 9.97 Å². The fourth-order valence-electron chi connectivity index (χ4n) is 2.44. The van der Waals surface area contributed by atoms with Crippen LogP contribution in [-0.2, 0) is 0 Å². The highest BCUT2D eigenvalue weighted by Crippen LogP contribution is 2.31. The van der Waals surface area contributed by atoms with E-state index >= 15 is 0 Å². The lowest BCUT2D eigenvalue weighted by molar-refractivity contribution is 0.101. The molecule has 0 amide bonds. The van der Waals surface area contributed by atoms with E-state index in [0.29, 0.717) is 32.2 Å². The lowest BCUT2D eigenvalue weighted by Gasteiger charge is -2.11. The van der Waals surface area contributed by atoms with E-state index in [-0.39, 0.29) is 5.78 Å².